The Morgan fingerprint density at radius 1 is 1.00 bits per heavy atom. The van der Waals surface area contributed by atoms with Crippen molar-refractivity contribution in [2.75, 3.05) is 6.61 Å². The van der Waals surface area contributed by atoms with Crippen LogP contribution in [0.4, 0.5) is 0 Å². The van der Waals surface area contributed by atoms with E-state index in [0.717, 1.165) is 11.1 Å². The molecule has 0 spiro atoms. The van der Waals surface area contributed by atoms with Crippen molar-refractivity contribution in [3.05, 3.63) is 65.2 Å². The monoisotopic (exact) mass is 387 g/mol. The molecule has 0 unspecified atom stereocenters. The molecule has 0 aromatic heterocycles. The highest BCUT2D eigenvalue weighted by Gasteiger charge is 2.43. The Bertz CT molecular complexity index is 807. The first kappa shape index (κ1) is 20.3. The topological polar surface area (TPSA) is 133 Å². The molecule has 0 radical (unpaired) electrons. The molecule has 7 nitrogen and oxygen atoms in total. The van der Waals surface area contributed by atoms with E-state index in [9.17, 15) is 25.2 Å². The Balaban J connectivity index is 1.77. The SMILES string of the molecule is NC(=O)c1ccc(Cc2ccccc2O[C@@H]2C[C@H](CO)[C@@H](O)[C@H](O)[C@H]2O)cc1. The van der Waals surface area contributed by atoms with Gasteiger partial charge < -0.3 is 30.9 Å². The highest BCUT2D eigenvalue weighted by Crippen LogP contribution is 2.31. The molecule has 28 heavy (non-hydrogen) atoms. The molecule has 0 heterocycles. The average Bonchev–Trinajstić information content (AvgIpc) is 2.70. The van der Waals surface area contributed by atoms with Gasteiger partial charge >= 0.3 is 0 Å². The summed E-state index contributed by atoms with van der Waals surface area (Å²) in [6, 6.07) is 14.3. The summed E-state index contributed by atoms with van der Waals surface area (Å²) in [5, 5.41) is 39.7. The minimum Gasteiger partial charge on any atom is -0.487 e. The zero-order valence-corrected chi connectivity index (χ0v) is 15.3. The number of ether oxygens (including phenoxy) is 1. The summed E-state index contributed by atoms with van der Waals surface area (Å²) in [4.78, 5) is 11.2. The lowest BCUT2D eigenvalue weighted by molar-refractivity contribution is -0.157. The molecule has 7 heteroatoms. The van der Waals surface area contributed by atoms with Crippen LogP contribution in [0.2, 0.25) is 0 Å². The van der Waals surface area contributed by atoms with Gasteiger partial charge in [0.05, 0.1) is 6.10 Å². The van der Waals surface area contributed by atoms with Crippen molar-refractivity contribution < 1.29 is 30.0 Å². The fraction of sp³-hybridized carbons (Fsp3) is 0.381. The molecule has 1 saturated carbocycles. The third-order valence-electron chi connectivity index (χ3n) is 5.22. The predicted octanol–water partition coefficient (Wildman–Crippen LogP) is 0.219. The van der Waals surface area contributed by atoms with Crippen molar-refractivity contribution in [1.29, 1.82) is 0 Å². The third kappa shape index (κ3) is 4.34. The molecule has 1 amide bonds. The first-order valence-electron chi connectivity index (χ1n) is 9.19. The van der Waals surface area contributed by atoms with Gasteiger partial charge in [0.2, 0.25) is 5.91 Å². The highest BCUT2D eigenvalue weighted by atomic mass is 16.5. The number of para-hydroxylation sites is 1. The zero-order chi connectivity index (χ0) is 20.3. The first-order chi connectivity index (χ1) is 13.4. The summed E-state index contributed by atoms with van der Waals surface area (Å²) < 4.78 is 5.98. The van der Waals surface area contributed by atoms with Crippen molar-refractivity contribution in [2.24, 2.45) is 11.7 Å². The van der Waals surface area contributed by atoms with Gasteiger partial charge in [-0.15, -0.1) is 0 Å². The molecule has 2 aromatic carbocycles. The van der Waals surface area contributed by atoms with E-state index in [4.69, 9.17) is 10.5 Å². The van der Waals surface area contributed by atoms with Crippen LogP contribution < -0.4 is 10.5 Å². The molecule has 1 fully saturated rings. The minimum absolute atomic E-state index is 0.220. The second-order valence-electron chi connectivity index (χ2n) is 7.15. The van der Waals surface area contributed by atoms with Crippen molar-refractivity contribution in [3.63, 3.8) is 0 Å². The first-order valence-corrected chi connectivity index (χ1v) is 9.19. The third-order valence-corrected chi connectivity index (χ3v) is 5.22. The van der Waals surface area contributed by atoms with Crippen molar-refractivity contribution in [3.8, 4) is 5.75 Å². The van der Waals surface area contributed by atoms with E-state index in [2.05, 4.69) is 0 Å². The molecule has 1 aliphatic rings. The van der Waals surface area contributed by atoms with Crippen LogP contribution in [0.5, 0.6) is 5.75 Å². The number of benzene rings is 2. The van der Waals surface area contributed by atoms with Crippen LogP contribution in [0.25, 0.3) is 0 Å². The maximum atomic E-state index is 11.2. The second kappa shape index (κ2) is 8.70. The van der Waals surface area contributed by atoms with Crippen LogP contribution in [0.3, 0.4) is 0 Å². The van der Waals surface area contributed by atoms with Gasteiger partial charge in [-0.3, -0.25) is 4.79 Å². The van der Waals surface area contributed by atoms with Gasteiger partial charge in [-0.2, -0.15) is 0 Å². The Morgan fingerprint density at radius 3 is 2.32 bits per heavy atom. The molecule has 150 valence electrons. The molecule has 0 saturated heterocycles. The highest BCUT2D eigenvalue weighted by molar-refractivity contribution is 5.92. The Kier molecular flexibility index (Phi) is 6.31. The normalized spacial score (nSPS) is 27.4. The van der Waals surface area contributed by atoms with Crippen LogP contribution in [0, 0.1) is 5.92 Å². The number of rotatable bonds is 6. The van der Waals surface area contributed by atoms with Crippen molar-refractivity contribution in [2.45, 2.75) is 37.3 Å². The number of carbonyl (C=O) groups excluding carboxylic acids is 1. The van der Waals surface area contributed by atoms with E-state index in [1.54, 1.807) is 24.3 Å². The Morgan fingerprint density at radius 2 is 1.68 bits per heavy atom. The summed E-state index contributed by atoms with van der Waals surface area (Å²) in [6.45, 7) is -0.307. The molecular weight excluding hydrogens is 362 g/mol. The number of nitrogens with two attached hydrogens (primary N) is 1. The average molecular weight is 387 g/mol. The van der Waals surface area contributed by atoms with Crippen molar-refractivity contribution >= 4 is 5.91 Å². The zero-order valence-electron chi connectivity index (χ0n) is 15.3. The number of aliphatic hydroxyl groups is 4. The van der Waals surface area contributed by atoms with E-state index < -0.39 is 36.2 Å². The molecular formula is C21H25NO6. The molecule has 5 atom stereocenters. The van der Waals surface area contributed by atoms with Crippen LogP contribution in [-0.4, -0.2) is 57.4 Å². The van der Waals surface area contributed by atoms with Gasteiger partial charge in [-0.25, -0.2) is 0 Å². The van der Waals surface area contributed by atoms with Crippen LogP contribution >= 0.6 is 0 Å². The number of primary amides is 1. The smallest absolute Gasteiger partial charge is 0.248 e. The number of carbonyl (C=O) groups is 1. The molecule has 0 bridgehead atoms. The van der Waals surface area contributed by atoms with E-state index in [1.807, 2.05) is 24.3 Å². The molecule has 3 rings (SSSR count). The number of hydrogen-bond acceptors (Lipinski definition) is 6. The van der Waals surface area contributed by atoms with Crippen LogP contribution in [-0.2, 0) is 6.42 Å². The number of amides is 1. The quantitative estimate of drug-likeness (QED) is 0.481. The minimum atomic E-state index is -1.38. The van der Waals surface area contributed by atoms with Gasteiger partial charge in [0, 0.05) is 24.5 Å². The van der Waals surface area contributed by atoms with Gasteiger partial charge in [-0.05, 0) is 35.7 Å². The summed E-state index contributed by atoms with van der Waals surface area (Å²) in [7, 11) is 0. The van der Waals surface area contributed by atoms with Crippen LogP contribution in [0.1, 0.15) is 27.9 Å². The van der Waals surface area contributed by atoms with Gasteiger partial charge in [0.15, 0.2) is 0 Å². The predicted molar refractivity (Wildman–Crippen MR) is 102 cm³/mol. The van der Waals surface area contributed by atoms with E-state index >= 15 is 0 Å². The lowest BCUT2D eigenvalue weighted by Crippen LogP contribution is -2.56. The maximum Gasteiger partial charge on any atom is 0.248 e. The number of aliphatic hydroxyl groups excluding tert-OH is 4. The Labute approximate surface area is 163 Å². The number of hydrogen-bond donors (Lipinski definition) is 5. The van der Waals surface area contributed by atoms with Crippen LogP contribution in [0.15, 0.2) is 48.5 Å². The van der Waals surface area contributed by atoms with E-state index in [0.29, 0.717) is 17.7 Å². The summed E-state index contributed by atoms with van der Waals surface area (Å²) in [5.41, 5.74) is 7.51. The van der Waals surface area contributed by atoms with Crippen molar-refractivity contribution in [1.82, 2.24) is 0 Å². The molecule has 1 aliphatic carbocycles. The van der Waals surface area contributed by atoms with E-state index in [-0.39, 0.29) is 13.0 Å². The van der Waals surface area contributed by atoms with Gasteiger partial charge in [-0.1, -0.05) is 30.3 Å². The lowest BCUT2D eigenvalue weighted by Gasteiger charge is -2.39. The fourth-order valence-electron chi connectivity index (χ4n) is 3.51. The largest absolute Gasteiger partial charge is 0.487 e. The summed E-state index contributed by atoms with van der Waals surface area (Å²) in [5.74, 6) is -0.511. The molecule has 6 N–H and O–H groups in total. The Hall–Kier alpha value is -2.45. The van der Waals surface area contributed by atoms with Gasteiger partial charge in [0.25, 0.3) is 0 Å². The maximum absolute atomic E-state index is 11.2. The lowest BCUT2D eigenvalue weighted by atomic mass is 9.81. The van der Waals surface area contributed by atoms with E-state index in [1.165, 1.54) is 0 Å². The fourth-order valence-corrected chi connectivity index (χ4v) is 3.51. The molecule has 2 aromatic rings. The van der Waals surface area contributed by atoms with Gasteiger partial charge in [0.1, 0.15) is 24.1 Å². The second-order valence-corrected chi connectivity index (χ2v) is 7.15. The summed E-state index contributed by atoms with van der Waals surface area (Å²) >= 11 is 0. The molecule has 0 aliphatic heterocycles. The standard InChI is InChI=1S/C21H25NO6/c22-21(27)13-7-5-12(6-8-13)9-14-3-1-2-4-16(14)28-17-10-15(11-23)18(24)20(26)19(17)25/h1-8,15,17-20,23-26H,9-11H2,(H2,22,27)/t15-,17-,18-,19+,20+/m1/s1. The summed E-state index contributed by atoms with van der Waals surface area (Å²) in [6.07, 6.45) is -3.85.